The monoisotopic (exact) mass is 217 g/mol. The van der Waals surface area contributed by atoms with E-state index in [1.54, 1.807) is 14.0 Å². The van der Waals surface area contributed by atoms with Gasteiger partial charge in [-0.2, -0.15) is 0 Å². The van der Waals surface area contributed by atoms with Gasteiger partial charge in [-0.15, -0.1) is 0 Å². The van der Waals surface area contributed by atoms with E-state index in [4.69, 9.17) is 15.7 Å². The number of carbonyl (C=O) groups is 1. The van der Waals surface area contributed by atoms with Crippen molar-refractivity contribution in [1.82, 2.24) is 4.90 Å². The zero-order valence-corrected chi connectivity index (χ0v) is 9.65. The van der Waals surface area contributed by atoms with Gasteiger partial charge in [-0.25, -0.2) is 0 Å². The van der Waals surface area contributed by atoms with Gasteiger partial charge < -0.3 is 20.6 Å². The SMILES string of the molecule is CCC(C)(OC)C(=O)N(C)CC(N)=NO. The van der Waals surface area contributed by atoms with Crippen molar-refractivity contribution in [1.29, 1.82) is 0 Å². The number of likely N-dealkylation sites (N-methyl/N-ethyl adjacent to an activating group) is 1. The predicted molar refractivity (Wildman–Crippen MR) is 56.8 cm³/mol. The Balaban J connectivity index is 4.56. The second-order valence-electron chi connectivity index (χ2n) is 3.54. The molecular formula is C9H19N3O3. The Bertz CT molecular complexity index is 249. The molecule has 0 radical (unpaired) electrons. The number of amides is 1. The van der Waals surface area contributed by atoms with Gasteiger partial charge >= 0.3 is 0 Å². The fraction of sp³-hybridized carbons (Fsp3) is 0.778. The predicted octanol–water partition coefficient (Wildman–Crippen LogP) is 0.00630. The van der Waals surface area contributed by atoms with Crippen LogP contribution in [0.25, 0.3) is 0 Å². The van der Waals surface area contributed by atoms with Gasteiger partial charge in [-0.3, -0.25) is 4.79 Å². The molecule has 0 aliphatic heterocycles. The van der Waals surface area contributed by atoms with E-state index in [1.165, 1.54) is 12.0 Å². The normalized spacial score (nSPS) is 15.9. The Morgan fingerprint density at radius 1 is 1.67 bits per heavy atom. The molecule has 3 N–H and O–H groups in total. The molecule has 1 unspecified atom stereocenters. The third-order valence-electron chi connectivity index (χ3n) is 2.45. The van der Waals surface area contributed by atoms with E-state index in [0.717, 1.165) is 0 Å². The standard InChI is InChI=1S/C9H19N3O3/c1-5-9(2,15-4)8(13)12(3)6-7(10)11-14/h14H,5-6H2,1-4H3,(H2,10,11). The molecular weight excluding hydrogens is 198 g/mol. The second-order valence-corrected chi connectivity index (χ2v) is 3.54. The number of ether oxygens (including phenoxy) is 1. The molecule has 0 saturated heterocycles. The van der Waals surface area contributed by atoms with Gasteiger partial charge in [0.2, 0.25) is 0 Å². The Kier molecular flexibility index (Phi) is 5.07. The summed E-state index contributed by atoms with van der Waals surface area (Å²) in [4.78, 5) is 13.3. The summed E-state index contributed by atoms with van der Waals surface area (Å²) in [5.41, 5.74) is 4.45. The van der Waals surface area contributed by atoms with Crippen molar-refractivity contribution in [3.8, 4) is 0 Å². The summed E-state index contributed by atoms with van der Waals surface area (Å²) >= 11 is 0. The van der Waals surface area contributed by atoms with E-state index in [9.17, 15) is 4.79 Å². The molecule has 0 heterocycles. The largest absolute Gasteiger partial charge is 0.409 e. The number of carbonyl (C=O) groups excluding carboxylic acids is 1. The van der Waals surface area contributed by atoms with Crippen LogP contribution in [0.4, 0.5) is 0 Å². The molecule has 0 aliphatic rings. The van der Waals surface area contributed by atoms with Gasteiger partial charge in [0.25, 0.3) is 5.91 Å². The van der Waals surface area contributed by atoms with Crippen molar-refractivity contribution in [2.24, 2.45) is 10.9 Å². The molecule has 0 spiro atoms. The molecule has 0 aromatic heterocycles. The zero-order valence-electron chi connectivity index (χ0n) is 9.65. The smallest absolute Gasteiger partial charge is 0.254 e. The van der Waals surface area contributed by atoms with Gasteiger partial charge in [0.1, 0.15) is 5.60 Å². The number of amidine groups is 1. The second kappa shape index (κ2) is 5.55. The maximum atomic E-state index is 11.9. The fourth-order valence-corrected chi connectivity index (χ4v) is 1.13. The van der Waals surface area contributed by atoms with Crippen molar-refractivity contribution in [2.75, 3.05) is 20.7 Å². The highest BCUT2D eigenvalue weighted by molar-refractivity contribution is 5.90. The average molecular weight is 217 g/mol. The highest BCUT2D eigenvalue weighted by Gasteiger charge is 2.33. The molecule has 15 heavy (non-hydrogen) atoms. The van der Waals surface area contributed by atoms with Crippen LogP contribution in [0.5, 0.6) is 0 Å². The van der Waals surface area contributed by atoms with E-state index < -0.39 is 5.60 Å². The van der Waals surface area contributed by atoms with Crippen LogP contribution in [0.1, 0.15) is 20.3 Å². The Morgan fingerprint density at radius 2 is 2.20 bits per heavy atom. The summed E-state index contributed by atoms with van der Waals surface area (Å²) < 4.78 is 5.15. The highest BCUT2D eigenvalue weighted by Crippen LogP contribution is 2.16. The first-order valence-electron chi connectivity index (χ1n) is 4.68. The summed E-state index contributed by atoms with van der Waals surface area (Å²) in [7, 11) is 3.06. The molecule has 0 aromatic rings. The van der Waals surface area contributed by atoms with Crippen molar-refractivity contribution in [2.45, 2.75) is 25.9 Å². The molecule has 0 rings (SSSR count). The van der Waals surface area contributed by atoms with Crippen molar-refractivity contribution < 1.29 is 14.7 Å². The Labute approximate surface area is 89.7 Å². The number of hydrogen-bond acceptors (Lipinski definition) is 4. The van der Waals surface area contributed by atoms with Gasteiger partial charge in [-0.05, 0) is 13.3 Å². The summed E-state index contributed by atoms with van der Waals surface area (Å²) in [6.07, 6.45) is 0.558. The number of nitrogens with zero attached hydrogens (tertiary/aromatic N) is 2. The maximum Gasteiger partial charge on any atom is 0.254 e. The summed E-state index contributed by atoms with van der Waals surface area (Å²) in [6, 6.07) is 0. The number of nitrogens with two attached hydrogens (primary N) is 1. The fourth-order valence-electron chi connectivity index (χ4n) is 1.13. The van der Waals surface area contributed by atoms with Crippen LogP contribution >= 0.6 is 0 Å². The summed E-state index contributed by atoms with van der Waals surface area (Å²) in [6.45, 7) is 3.64. The topological polar surface area (TPSA) is 88.2 Å². The molecule has 0 saturated carbocycles. The third kappa shape index (κ3) is 3.39. The zero-order chi connectivity index (χ0) is 12.1. The minimum Gasteiger partial charge on any atom is -0.409 e. The minimum absolute atomic E-state index is 0.0135. The van der Waals surface area contributed by atoms with E-state index in [1.807, 2.05) is 6.92 Å². The van der Waals surface area contributed by atoms with E-state index in [2.05, 4.69) is 5.16 Å². The van der Waals surface area contributed by atoms with Crippen LogP contribution < -0.4 is 5.73 Å². The van der Waals surface area contributed by atoms with Crippen LogP contribution in [-0.2, 0) is 9.53 Å². The molecule has 6 heteroatoms. The van der Waals surface area contributed by atoms with Crippen molar-refractivity contribution in [3.05, 3.63) is 0 Å². The van der Waals surface area contributed by atoms with E-state index >= 15 is 0 Å². The summed E-state index contributed by atoms with van der Waals surface area (Å²) in [5, 5.41) is 11.2. The first kappa shape index (κ1) is 13.7. The Hall–Kier alpha value is -1.30. The minimum atomic E-state index is -0.857. The molecule has 1 amide bonds. The van der Waals surface area contributed by atoms with Gasteiger partial charge in [-0.1, -0.05) is 12.1 Å². The molecule has 88 valence electrons. The third-order valence-corrected chi connectivity index (χ3v) is 2.45. The Morgan fingerprint density at radius 3 is 2.53 bits per heavy atom. The van der Waals surface area contributed by atoms with Gasteiger partial charge in [0, 0.05) is 14.2 Å². The molecule has 0 aliphatic carbocycles. The first-order valence-corrected chi connectivity index (χ1v) is 4.68. The molecule has 0 bridgehead atoms. The van der Waals surface area contributed by atoms with Crippen LogP contribution in [0, 0.1) is 0 Å². The quantitative estimate of drug-likeness (QED) is 0.294. The van der Waals surface area contributed by atoms with Crippen molar-refractivity contribution in [3.63, 3.8) is 0 Å². The lowest BCUT2D eigenvalue weighted by Crippen LogP contribution is -2.48. The lowest BCUT2D eigenvalue weighted by atomic mass is 10.0. The molecule has 6 nitrogen and oxygen atoms in total. The lowest BCUT2D eigenvalue weighted by Gasteiger charge is -2.30. The summed E-state index contributed by atoms with van der Waals surface area (Å²) in [5.74, 6) is -0.209. The highest BCUT2D eigenvalue weighted by atomic mass is 16.5. The van der Waals surface area contributed by atoms with Crippen LogP contribution in [0.15, 0.2) is 5.16 Å². The molecule has 1 atom stereocenters. The van der Waals surface area contributed by atoms with E-state index in [0.29, 0.717) is 6.42 Å². The van der Waals surface area contributed by atoms with Gasteiger partial charge in [0.15, 0.2) is 5.84 Å². The van der Waals surface area contributed by atoms with Crippen molar-refractivity contribution >= 4 is 11.7 Å². The maximum absolute atomic E-state index is 11.9. The number of hydrogen-bond donors (Lipinski definition) is 2. The number of methoxy groups -OCH3 is 1. The molecule has 0 aromatic carbocycles. The average Bonchev–Trinajstić information content (AvgIpc) is 2.26. The number of oxime groups is 1. The van der Waals surface area contributed by atoms with Crippen LogP contribution in [-0.4, -0.2) is 48.2 Å². The number of rotatable bonds is 5. The van der Waals surface area contributed by atoms with Crippen LogP contribution in [0.2, 0.25) is 0 Å². The lowest BCUT2D eigenvalue weighted by molar-refractivity contribution is -0.151. The van der Waals surface area contributed by atoms with Crippen LogP contribution in [0.3, 0.4) is 0 Å². The van der Waals surface area contributed by atoms with E-state index in [-0.39, 0.29) is 18.3 Å². The van der Waals surface area contributed by atoms with Gasteiger partial charge in [0.05, 0.1) is 6.54 Å². The first-order chi connectivity index (χ1) is 6.91. The molecule has 0 fully saturated rings.